The van der Waals surface area contributed by atoms with E-state index in [1.165, 1.54) is 0 Å². The molecule has 1 saturated heterocycles. The summed E-state index contributed by atoms with van der Waals surface area (Å²) < 4.78 is 2.01. The minimum absolute atomic E-state index is 0.481. The van der Waals surface area contributed by atoms with E-state index in [1.807, 2.05) is 47.4 Å². The van der Waals surface area contributed by atoms with Crippen molar-refractivity contribution in [2.45, 2.75) is 12.6 Å². The normalized spacial score (nSPS) is 16.2. The molecule has 90 valence electrons. The molecule has 2 aromatic rings. The van der Waals surface area contributed by atoms with Crippen molar-refractivity contribution in [3.63, 3.8) is 0 Å². The van der Waals surface area contributed by atoms with Gasteiger partial charge in [-0.15, -0.1) is 0 Å². The fraction of sp³-hybridized carbons (Fsp3) is 0.286. The van der Waals surface area contributed by atoms with Gasteiger partial charge in [0.2, 0.25) is 0 Å². The van der Waals surface area contributed by atoms with Crippen LogP contribution in [-0.2, 0) is 6.54 Å². The van der Waals surface area contributed by atoms with Crippen molar-refractivity contribution < 1.29 is 0 Å². The Labute approximate surface area is 106 Å². The third-order valence-corrected chi connectivity index (χ3v) is 3.37. The first-order valence-corrected chi connectivity index (χ1v) is 6.06. The van der Waals surface area contributed by atoms with Gasteiger partial charge >= 0.3 is 0 Å². The molecule has 1 aromatic carbocycles. The maximum Gasteiger partial charge on any atom is 0.0995 e. The second-order valence-corrected chi connectivity index (χ2v) is 4.60. The van der Waals surface area contributed by atoms with E-state index in [2.05, 4.69) is 16.1 Å². The number of hydrogen-bond acceptors (Lipinski definition) is 3. The maximum atomic E-state index is 9.04. The Kier molecular flexibility index (Phi) is 2.83. The van der Waals surface area contributed by atoms with Gasteiger partial charge in [-0.2, -0.15) is 10.4 Å². The van der Waals surface area contributed by atoms with Gasteiger partial charge in [-0.3, -0.25) is 9.58 Å². The zero-order chi connectivity index (χ0) is 12.4. The summed E-state index contributed by atoms with van der Waals surface area (Å²) in [5, 5.41) is 13.3. The summed E-state index contributed by atoms with van der Waals surface area (Å²) >= 11 is 0. The molecule has 18 heavy (non-hydrogen) atoms. The van der Waals surface area contributed by atoms with Crippen LogP contribution in [0.3, 0.4) is 0 Å². The molecule has 1 aliphatic rings. The molecule has 0 atom stereocenters. The summed E-state index contributed by atoms with van der Waals surface area (Å²) in [6, 6.07) is 12.5. The second-order valence-electron chi connectivity index (χ2n) is 4.60. The summed E-state index contributed by atoms with van der Waals surface area (Å²) in [6.45, 7) is 2.85. The van der Waals surface area contributed by atoms with Crippen molar-refractivity contribution >= 4 is 0 Å². The number of rotatable bonds is 3. The van der Waals surface area contributed by atoms with Crippen LogP contribution in [0.5, 0.6) is 0 Å². The first kappa shape index (κ1) is 11.0. The third kappa shape index (κ3) is 2.01. The van der Waals surface area contributed by atoms with E-state index < -0.39 is 0 Å². The molecular weight excluding hydrogens is 224 g/mol. The minimum Gasteiger partial charge on any atom is -0.295 e. The molecule has 0 N–H and O–H groups in total. The van der Waals surface area contributed by atoms with Gasteiger partial charge in [-0.05, 0) is 17.7 Å². The molecule has 2 heterocycles. The van der Waals surface area contributed by atoms with Crippen molar-refractivity contribution in [3.8, 4) is 6.07 Å². The Balaban J connectivity index is 1.62. The summed E-state index contributed by atoms with van der Waals surface area (Å²) in [7, 11) is 0. The van der Waals surface area contributed by atoms with Crippen LogP contribution in [-0.4, -0.2) is 27.8 Å². The van der Waals surface area contributed by atoms with E-state index in [4.69, 9.17) is 5.26 Å². The summed E-state index contributed by atoms with van der Waals surface area (Å²) in [6.07, 6.45) is 3.82. The lowest BCUT2D eigenvalue weighted by molar-refractivity contribution is 0.0908. The number of benzene rings is 1. The molecule has 0 aliphatic carbocycles. The van der Waals surface area contributed by atoms with Gasteiger partial charge in [0, 0.05) is 32.0 Å². The molecule has 0 radical (unpaired) electrons. The van der Waals surface area contributed by atoms with Gasteiger partial charge in [0.15, 0.2) is 0 Å². The van der Waals surface area contributed by atoms with Gasteiger partial charge in [-0.1, -0.05) is 18.2 Å². The van der Waals surface area contributed by atoms with E-state index >= 15 is 0 Å². The van der Waals surface area contributed by atoms with Crippen LogP contribution >= 0.6 is 0 Å². The quantitative estimate of drug-likeness (QED) is 0.819. The number of aromatic nitrogens is 2. The number of hydrogen-bond donors (Lipinski definition) is 0. The van der Waals surface area contributed by atoms with E-state index in [9.17, 15) is 0 Å². The summed E-state index contributed by atoms with van der Waals surface area (Å²) in [5.74, 6) is 0. The smallest absolute Gasteiger partial charge is 0.0995 e. The molecule has 0 amide bonds. The molecule has 3 rings (SSSR count). The fourth-order valence-corrected chi connectivity index (χ4v) is 2.34. The molecule has 1 fully saturated rings. The maximum absolute atomic E-state index is 9.04. The first-order chi connectivity index (χ1) is 8.86. The van der Waals surface area contributed by atoms with Crippen molar-refractivity contribution in [2.24, 2.45) is 0 Å². The molecule has 4 nitrogen and oxygen atoms in total. The molecule has 0 bridgehead atoms. The van der Waals surface area contributed by atoms with Crippen molar-refractivity contribution in [1.82, 2.24) is 14.7 Å². The van der Waals surface area contributed by atoms with E-state index in [0.717, 1.165) is 30.8 Å². The van der Waals surface area contributed by atoms with Crippen LogP contribution in [0.2, 0.25) is 0 Å². The van der Waals surface area contributed by atoms with Crippen molar-refractivity contribution in [2.75, 3.05) is 13.1 Å². The Bertz CT molecular complexity index is 562. The molecule has 0 unspecified atom stereocenters. The van der Waals surface area contributed by atoms with Crippen LogP contribution in [0.4, 0.5) is 0 Å². The highest BCUT2D eigenvalue weighted by atomic mass is 15.4. The van der Waals surface area contributed by atoms with Gasteiger partial charge < -0.3 is 0 Å². The van der Waals surface area contributed by atoms with Crippen LogP contribution in [0.25, 0.3) is 0 Å². The molecule has 1 aliphatic heterocycles. The number of nitrogens with zero attached hydrogens (tertiary/aromatic N) is 4. The van der Waals surface area contributed by atoms with Crippen molar-refractivity contribution in [3.05, 3.63) is 53.9 Å². The lowest BCUT2D eigenvalue weighted by Gasteiger charge is -2.39. The molecule has 1 aromatic heterocycles. The lowest BCUT2D eigenvalue weighted by Crippen LogP contribution is -2.47. The highest BCUT2D eigenvalue weighted by Gasteiger charge is 2.28. The Morgan fingerprint density at radius 3 is 2.83 bits per heavy atom. The van der Waals surface area contributed by atoms with Crippen LogP contribution in [0.15, 0.2) is 42.7 Å². The largest absolute Gasteiger partial charge is 0.295 e. The van der Waals surface area contributed by atoms with Gasteiger partial charge in [-0.25, -0.2) is 0 Å². The average Bonchev–Trinajstić information content (AvgIpc) is 2.87. The van der Waals surface area contributed by atoms with Gasteiger partial charge in [0.1, 0.15) is 0 Å². The Morgan fingerprint density at radius 2 is 2.11 bits per heavy atom. The zero-order valence-corrected chi connectivity index (χ0v) is 10.0. The van der Waals surface area contributed by atoms with E-state index in [-0.39, 0.29) is 0 Å². The molecule has 0 saturated carbocycles. The fourth-order valence-electron chi connectivity index (χ4n) is 2.34. The Morgan fingerprint density at radius 1 is 1.28 bits per heavy atom. The average molecular weight is 238 g/mol. The molecular formula is C14H14N4. The highest BCUT2D eigenvalue weighted by Crippen LogP contribution is 2.23. The van der Waals surface area contributed by atoms with Gasteiger partial charge in [0.05, 0.1) is 17.7 Å². The lowest BCUT2D eigenvalue weighted by atomic mass is 10.0. The number of nitriles is 1. The molecule has 0 spiro atoms. The Hall–Kier alpha value is -2.12. The number of likely N-dealkylation sites (tertiary alicyclic amines) is 1. The topological polar surface area (TPSA) is 44.9 Å². The van der Waals surface area contributed by atoms with Crippen LogP contribution in [0.1, 0.15) is 17.2 Å². The SMILES string of the molecule is N#Cc1ccccc1CN1CC(n2cccn2)C1. The summed E-state index contributed by atoms with van der Waals surface area (Å²) in [5.41, 5.74) is 1.89. The van der Waals surface area contributed by atoms with Crippen molar-refractivity contribution in [1.29, 1.82) is 5.26 Å². The predicted octanol–water partition coefficient (Wildman–Crippen LogP) is 1.81. The molecule has 4 heteroatoms. The minimum atomic E-state index is 0.481. The predicted molar refractivity (Wildman–Crippen MR) is 67.7 cm³/mol. The second kappa shape index (κ2) is 4.63. The van der Waals surface area contributed by atoms with Crippen LogP contribution < -0.4 is 0 Å². The van der Waals surface area contributed by atoms with E-state index in [1.54, 1.807) is 0 Å². The van der Waals surface area contributed by atoms with E-state index in [0.29, 0.717) is 6.04 Å². The first-order valence-electron chi connectivity index (χ1n) is 6.06. The van der Waals surface area contributed by atoms with Crippen LogP contribution in [0, 0.1) is 11.3 Å². The standard InChI is InChI=1S/C14H14N4/c15-8-12-4-1-2-5-13(12)9-17-10-14(11-17)18-7-3-6-16-18/h1-7,14H,9-11H2. The zero-order valence-electron chi connectivity index (χ0n) is 10.0. The monoisotopic (exact) mass is 238 g/mol. The summed E-state index contributed by atoms with van der Waals surface area (Å²) in [4.78, 5) is 2.34. The highest BCUT2D eigenvalue weighted by molar-refractivity contribution is 5.37. The third-order valence-electron chi connectivity index (χ3n) is 3.37. The van der Waals surface area contributed by atoms with Gasteiger partial charge in [0.25, 0.3) is 0 Å².